The van der Waals surface area contributed by atoms with E-state index in [0.717, 1.165) is 17.2 Å². The molecular weight excluding hydrogens is 274 g/mol. The van der Waals surface area contributed by atoms with Crippen molar-refractivity contribution in [2.75, 3.05) is 18.5 Å². The first kappa shape index (κ1) is 13.9. The zero-order valence-electron chi connectivity index (χ0n) is 12.2. The first-order chi connectivity index (χ1) is 9.56. The number of hydrogen-bond donors (Lipinski definition) is 1. The van der Waals surface area contributed by atoms with E-state index in [9.17, 15) is 0 Å². The number of anilines is 1. The molecule has 110 valence electrons. The first-order valence-corrected chi connectivity index (χ1v) is 7.80. The smallest absolute Gasteiger partial charge is 0.163 e. The van der Waals surface area contributed by atoms with Crippen molar-refractivity contribution in [2.45, 2.75) is 45.6 Å². The van der Waals surface area contributed by atoms with Crippen molar-refractivity contribution in [1.29, 1.82) is 0 Å². The van der Waals surface area contributed by atoms with Crippen LogP contribution in [0.3, 0.4) is 0 Å². The van der Waals surface area contributed by atoms with Crippen LogP contribution in [0.5, 0.6) is 11.5 Å². The van der Waals surface area contributed by atoms with E-state index in [0.29, 0.717) is 29.7 Å². The molecule has 1 unspecified atom stereocenters. The van der Waals surface area contributed by atoms with E-state index in [1.165, 1.54) is 25.7 Å². The van der Waals surface area contributed by atoms with Crippen molar-refractivity contribution < 1.29 is 9.47 Å². The topological polar surface area (TPSA) is 30.5 Å². The molecule has 1 saturated carbocycles. The highest BCUT2D eigenvalue weighted by Crippen LogP contribution is 2.42. The molecule has 0 bridgehead atoms. The van der Waals surface area contributed by atoms with Gasteiger partial charge in [-0.3, -0.25) is 0 Å². The number of halogens is 1. The van der Waals surface area contributed by atoms with Gasteiger partial charge in [0.05, 0.1) is 10.7 Å². The molecule has 0 saturated heterocycles. The highest BCUT2D eigenvalue weighted by molar-refractivity contribution is 6.33. The second-order valence-electron chi connectivity index (χ2n) is 6.41. The Labute approximate surface area is 125 Å². The Kier molecular flexibility index (Phi) is 3.72. The minimum Gasteiger partial charge on any atom is -0.486 e. The molecule has 0 aromatic heterocycles. The lowest BCUT2D eigenvalue weighted by Gasteiger charge is -2.40. The number of nitrogens with one attached hydrogen (secondary N) is 1. The van der Waals surface area contributed by atoms with Crippen molar-refractivity contribution in [3.8, 4) is 11.5 Å². The molecule has 0 spiro atoms. The second-order valence-corrected chi connectivity index (χ2v) is 6.81. The molecule has 1 aliphatic carbocycles. The summed E-state index contributed by atoms with van der Waals surface area (Å²) in [7, 11) is 0. The molecule has 1 atom stereocenters. The van der Waals surface area contributed by atoms with E-state index in [2.05, 4.69) is 19.2 Å². The zero-order chi connectivity index (χ0) is 14.2. The average molecular weight is 296 g/mol. The van der Waals surface area contributed by atoms with Crippen molar-refractivity contribution >= 4 is 17.3 Å². The summed E-state index contributed by atoms with van der Waals surface area (Å²) in [5.74, 6) is 1.53. The Balaban J connectivity index is 1.83. The highest BCUT2D eigenvalue weighted by atomic mass is 35.5. The maximum atomic E-state index is 6.38. The fourth-order valence-electron chi connectivity index (χ4n) is 3.12. The Morgan fingerprint density at radius 3 is 2.55 bits per heavy atom. The predicted octanol–water partition coefficient (Wildman–Crippen LogP) is 4.49. The molecule has 3 rings (SSSR count). The van der Waals surface area contributed by atoms with Gasteiger partial charge in [0.2, 0.25) is 0 Å². The van der Waals surface area contributed by atoms with Crippen LogP contribution < -0.4 is 14.8 Å². The molecule has 20 heavy (non-hydrogen) atoms. The monoisotopic (exact) mass is 295 g/mol. The van der Waals surface area contributed by atoms with E-state index >= 15 is 0 Å². The number of rotatable bonds is 2. The summed E-state index contributed by atoms with van der Waals surface area (Å²) in [5.41, 5.74) is 1.25. The largest absolute Gasteiger partial charge is 0.486 e. The number of hydrogen-bond acceptors (Lipinski definition) is 3. The summed E-state index contributed by atoms with van der Waals surface area (Å²) in [4.78, 5) is 0. The number of fused-ring (bicyclic) bond motifs is 1. The van der Waals surface area contributed by atoms with Gasteiger partial charge in [-0.05, 0) is 18.3 Å². The molecule has 2 aliphatic rings. The van der Waals surface area contributed by atoms with Gasteiger partial charge in [0.15, 0.2) is 11.5 Å². The summed E-state index contributed by atoms with van der Waals surface area (Å²) in [6, 6.07) is 4.28. The fraction of sp³-hybridized carbons (Fsp3) is 0.625. The van der Waals surface area contributed by atoms with Crippen molar-refractivity contribution in [1.82, 2.24) is 0 Å². The quantitative estimate of drug-likeness (QED) is 0.872. The van der Waals surface area contributed by atoms with E-state index < -0.39 is 0 Å². The van der Waals surface area contributed by atoms with Gasteiger partial charge >= 0.3 is 0 Å². The second kappa shape index (κ2) is 5.36. The maximum absolute atomic E-state index is 6.38. The molecule has 4 heteroatoms. The lowest BCUT2D eigenvalue weighted by atomic mass is 9.73. The molecule has 0 amide bonds. The molecule has 1 heterocycles. The third kappa shape index (κ3) is 2.69. The molecule has 1 aliphatic heterocycles. The van der Waals surface area contributed by atoms with Crippen LogP contribution in [0.25, 0.3) is 0 Å². The maximum Gasteiger partial charge on any atom is 0.163 e. The standard InChI is InChI=1S/C16H22ClNO2/c1-16(2)6-4-3-5-15(16)18-12-10-14-13(9-11(12)17)19-7-8-20-14/h9-10,15,18H,3-8H2,1-2H3. The van der Waals surface area contributed by atoms with Crippen molar-refractivity contribution in [2.24, 2.45) is 5.41 Å². The predicted molar refractivity (Wildman–Crippen MR) is 82.1 cm³/mol. The zero-order valence-corrected chi connectivity index (χ0v) is 12.9. The van der Waals surface area contributed by atoms with Crippen LogP contribution in [0.1, 0.15) is 39.5 Å². The third-order valence-corrected chi connectivity index (χ3v) is 4.78. The van der Waals surface area contributed by atoms with Crippen LogP contribution in [0.15, 0.2) is 12.1 Å². The first-order valence-electron chi connectivity index (χ1n) is 7.42. The Morgan fingerprint density at radius 2 is 1.85 bits per heavy atom. The van der Waals surface area contributed by atoms with Crippen LogP contribution in [-0.4, -0.2) is 19.3 Å². The molecular formula is C16H22ClNO2. The van der Waals surface area contributed by atoms with E-state index in [4.69, 9.17) is 21.1 Å². The van der Waals surface area contributed by atoms with Gasteiger partial charge in [0.25, 0.3) is 0 Å². The normalized spacial score (nSPS) is 24.2. The third-order valence-electron chi connectivity index (χ3n) is 4.47. The summed E-state index contributed by atoms with van der Waals surface area (Å²) in [6.07, 6.45) is 5.05. The highest BCUT2D eigenvalue weighted by Gasteiger charge is 2.32. The lowest BCUT2D eigenvalue weighted by molar-refractivity contribution is 0.171. The number of ether oxygens (including phenoxy) is 2. The molecule has 1 aromatic rings. The summed E-state index contributed by atoms with van der Waals surface area (Å²) >= 11 is 6.38. The van der Waals surface area contributed by atoms with Gasteiger partial charge in [-0.25, -0.2) is 0 Å². The van der Waals surface area contributed by atoms with E-state index in [1.54, 1.807) is 0 Å². The van der Waals surface area contributed by atoms with Gasteiger partial charge in [-0.2, -0.15) is 0 Å². The number of benzene rings is 1. The average Bonchev–Trinajstić information content (AvgIpc) is 2.41. The molecule has 1 N–H and O–H groups in total. The van der Waals surface area contributed by atoms with Gasteiger partial charge < -0.3 is 14.8 Å². The van der Waals surface area contributed by atoms with E-state index in [-0.39, 0.29) is 0 Å². The van der Waals surface area contributed by atoms with Gasteiger partial charge in [0.1, 0.15) is 13.2 Å². The van der Waals surface area contributed by atoms with Crippen molar-refractivity contribution in [3.05, 3.63) is 17.2 Å². The summed E-state index contributed by atoms with van der Waals surface area (Å²) < 4.78 is 11.2. The van der Waals surface area contributed by atoms with Crippen LogP contribution in [0.2, 0.25) is 5.02 Å². The minimum atomic E-state index is 0.300. The van der Waals surface area contributed by atoms with Crippen LogP contribution in [-0.2, 0) is 0 Å². The summed E-state index contributed by atoms with van der Waals surface area (Å²) in [5, 5.41) is 4.33. The fourth-order valence-corrected chi connectivity index (χ4v) is 3.33. The SMILES string of the molecule is CC1(C)CCCCC1Nc1cc2c(cc1Cl)OCCO2. The van der Waals surface area contributed by atoms with Gasteiger partial charge in [0, 0.05) is 18.2 Å². The van der Waals surface area contributed by atoms with Crippen LogP contribution in [0, 0.1) is 5.41 Å². The van der Waals surface area contributed by atoms with Crippen molar-refractivity contribution in [3.63, 3.8) is 0 Å². The molecule has 3 nitrogen and oxygen atoms in total. The molecule has 0 radical (unpaired) electrons. The Hall–Kier alpha value is -1.09. The van der Waals surface area contributed by atoms with E-state index in [1.807, 2.05) is 12.1 Å². The minimum absolute atomic E-state index is 0.300. The Bertz CT molecular complexity index is 501. The van der Waals surface area contributed by atoms with Gasteiger partial charge in [-0.15, -0.1) is 0 Å². The van der Waals surface area contributed by atoms with Crippen LogP contribution >= 0.6 is 11.6 Å². The Morgan fingerprint density at radius 1 is 1.15 bits per heavy atom. The molecule has 1 aromatic carbocycles. The lowest BCUT2D eigenvalue weighted by Crippen LogP contribution is -2.39. The summed E-state index contributed by atoms with van der Waals surface area (Å²) in [6.45, 7) is 5.85. The van der Waals surface area contributed by atoms with Gasteiger partial charge in [-0.1, -0.05) is 38.3 Å². The molecule has 1 fully saturated rings. The van der Waals surface area contributed by atoms with Crippen LogP contribution in [0.4, 0.5) is 5.69 Å².